The highest BCUT2D eigenvalue weighted by molar-refractivity contribution is 5.78. The number of carboxylic acid groups (broad SMARTS) is 1. The molecule has 6 heteroatoms. The van der Waals surface area contributed by atoms with Crippen molar-refractivity contribution in [2.45, 2.75) is 18.9 Å². The number of nitrogens with two attached hydrogens (primary N) is 1. The summed E-state index contributed by atoms with van der Waals surface area (Å²) in [4.78, 5) is 10.6. The summed E-state index contributed by atoms with van der Waals surface area (Å²) in [5.74, 6) is -1.81. The fourth-order valence-corrected chi connectivity index (χ4v) is 0.837. The Hall–Kier alpha value is -1.27. The van der Waals surface area contributed by atoms with Crippen LogP contribution < -0.4 is 11.1 Å². The van der Waals surface area contributed by atoms with E-state index in [9.17, 15) is 9.18 Å². The number of carboxylic acids is 1. The highest BCUT2D eigenvalue weighted by atomic mass is 19.1. The summed E-state index contributed by atoms with van der Waals surface area (Å²) in [6, 6.07) is 0. The highest BCUT2D eigenvalue weighted by Gasteiger charge is 2.29. The van der Waals surface area contributed by atoms with Crippen molar-refractivity contribution in [2.75, 3.05) is 13.1 Å². The maximum Gasteiger partial charge on any atom is 0.323 e. The van der Waals surface area contributed by atoms with Crippen molar-refractivity contribution in [3.8, 4) is 0 Å². The van der Waals surface area contributed by atoms with E-state index in [0.29, 0.717) is 6.54 Å². The summed E-state index contributed by atoms with van der Waals surface area (Å²) in [6.45, 7) is 1.85. The van der Waals surface area contributed by atoms with Crippen LogP contribution in [0, 0.1) is 5.41 Å². The molecular weight excluding hydrogens is 201 g/mol. The van der Waals surface area contributed by atoms with Gasteiger partial charge in [-0.05, 0) is 13.0 Å². The summed E-state index contributed by atoms with van der Waals surface area (Å²) in [5.41, 5.74) is 3.77. The number of carbonyl (C=O) groups is 1. The predicted molar refractivity (Wildman–Crippen MR) is 55.7 cm³/mol. The molecule has 0 aromatic rings. The van der Waals surface area contributed by atoms with E-state index in [1.165, 1.54) is 13.0 Å². The molecule has 0 aromatic carbocycles. The van der Waals surface area contributed by atoms with Gasteiger partial charge in [0, 0.05) is 25.7 Å². The molecule has 5 nitrogen and oxygen atoms in total. The topological polar surface area (TPSA) is 99.2 Å². The van der Waals surface area contributed by atoms with Crippen LogP contribution in [-0.4, -0.2) is 35.9 Å². The number of aliphatic carboxylic acids is 1. The minimum atomic E-state index is -1.58. The average Bonchev–Trinajstić information content (AvgIpc) is 2.11. The molecule has 5 N–H and O–H groups in total. The first kappa shape index (κ1) is 13.7. The summed E-state index contributed by atoms with van der Waals surface area (Å²) in [7, 11) is 0. The van der Waals surface area contributed by atoms with E-state index in [1.54, 1.807) is 0 Å². The normalized spacial score (nSPS) is 15.8. The Morgan fingerprint density at radius 1 is 1.67 bits per heavy atom. The van der Waals surface area contributed by atoms with Crippen molar-refractivity contribution < 1.29 is 14.3 Å². The maximum atomic E-state index is 13.1. The van der Waals surface area contributed by atoms with Gasteiger partial charge in [0.2, 0.25) is 0 Å². The van der Waals surface area contributed by atoms with Gasteiger partial charge in [-0.2, -0.15) is 0 Å². The lowest BCUT2D eigenvalue weighted by atomic mass is 9.99. The van der Waals surface area contributed by atoms with Gasteiger partial charge in [0.1, 0.15) is 5.54 Å². The molecule has 0 amide bonds. The molecule has 0 fully saturated rings. The van der Waals surface area contributed by atoms with Crippen molar-refractivity contribution >= 4 is 12.2 Å². The van der Waals surface area contributed by atoms with Gasteiger partial charge in [0.25, 0.3) is 0 Å². The zero-order valence-electron chi connectivity index (χ0n) is 8.59. The molecule has 0 radical (unpaired) electrons. The fourth-order valence-electron chi connectivity index (χ4n) is 0.837. The molecule has 0 aliphatic heterocycles. The fraction of sp³-hybridized carbons (Fsp3) is 0.556. The van der Waals surface area contributed by atoms with E-state index in [2.05, 4.69) is 5.32 Å². The lowest BCUT2D eigenvalue weighted by Crippen LogP contribution is -2.44. The van der Waals surface area contributed by atoms with Crippen LogP contribution in [-0.2, 0) is 4.79 Å². The van der Waals surface area contributed by atoms with Gasteiger partial charge in [0.15, 0.2) is 0 Å². The summed E-state index contributed by atoms with van der Waals surface area (Å²) >= 11 is 0. The quantitative estimate of drug-likeness (QED) is 0.363. The predicted octanol–water partition coefficient (Wildman–Crippen LogP) is 0.271. The summed E-state index contributed by atoms with van der Waals surface area (Å²) in [6.07, 6.45) is 2.03. The van der Waals surface area contributed by atoms with Crippen LogP contribution in [0.5, 0.6) is 0 Å². The lowest BCUT2D eigenvalue weighted by molar-refractivity contribution is -0.142. The van der Waals surface area contributed by atoms with Gasteiger partial charge in [0.05, 0.1) is 5.83 Å². The van der Waals surface area contributed by atoms with E-state index in [-0.39, 0.29) is 13.0 Å². The molecule has 0 bridgehead atoms. The average molecular weight is 217 g/mol. The van der Waals surface area contributed by atoms with Crippen LogP contribution >= 0.6 is 0 Å². The Labute approximate surface area is 87.7 Å². The number of rotatable bonds is 7. The zero-order chi connectivity index (χ0) is 11.9. The van der Waals surface area contributed by atoms with Gasteiger partial charge < -0.3 is 21.6 Å². The number of nitrogens with one attached hydrogen (secondary N) is 2. The van der Waals surface area contributed by atoms with Crippen molar-refractivity contribution in [2.24, 2.45) is 5.73 Å². The molecule has 0 heterocycles. The van der Waals surface area contributed by atoms with Crippen molar-refractivity contribution in [3.63, 3.8) is 0 Å². The van der Waals surface area contributed by atoms with Crippen LogP contribution in [0.2, 0.25) is 0 Å². The lowest BCUT2D eigenvalue weighted by Gasteiger charge is -2.17. The van der Waals surface area contributed by atoms with Gasteiger partial charge >= 0.3 is 5.97 Å². The molecule has 0 spiro atoms. The van der Waals surface area contributed by atoms with Crippen LogP contribution in [0.1, 0.15) is 13.3 Å². The minimum Gasteiger partial charge on any atom is -0.480 e. The standard InChI is InChI=1S/C9H16FN3O2/c1-9(12,8(14)15)6-7(10)2-4-13-5-3-11/h2-3,11,13H,4-6,12H2,1H3,(H,14,15). The molecular formula is C9H16FN3O2. The number of hydrogen-bond acceptors (Lipinski definition) is 4. The van der Waals surface area contributed by atoms with Gasteiger partial charge in [-0.15, -0.1) is 0 Å². The second kappa shape index (κ2) is 6.26. The summed E-state index contributed by atoms with van der Waals surface area (Å²) in [5, 5.41) is 18.1. The molecule has 0 saturated carbocycles. The first-order chi connectivity index (χ1) is 6.90. The molecule has 15 heavy (non-hydrogen) atoms. The van der Waals surface area contributed by atoms with Crippen molar-refractivity contribution in [1.29, 1.82) is 5.41 Å². The van der Waals surface area contributed by atoms with E-state index in [4.69, 9.17) is 16.2 Å². The second-order valence-electron chi connectivity index (χ2n) is 3.41. The van der Waals surface area contributed by atoms with Gasteiger partial charge in [-0.25, -0.2) is 4.39 Å². The van der Waals surface area contributed by atoms with Crippen LogP contribution in [0.3, 0.4) is 0 Å². The van der Waals surface area contributed by atoms with E-state index >= 15 is 0 Å². The third-order valence-corrected chi connectivity index (χ3v) is 1.74. The maximum absolute atomic E-state index is 13.1. The Kier molecular flexibility index (Phi) is 5.73. The van der Waals surface area contributed by atoms with E-state index < -0.39 is 17.3 Å². The van der Waals surface area contributed by atoms with E-state index in [1.807, 2.05) is 0 Å². The summed E-state index contributed by atoms with van der Waals surface area (Å²) < 4.78 is 13.1. The molecule has 1 atom stereocenters. The largest absolute Gasteiger partial charge is 0.480 e. The highest BCUT2D eigenvalue weighted by Crippen LogP contribution is 2.14. The van der Waals surface area contributed by atoms with Crippen LogP contribution in [0.25, 0.3) is 0 Å². The Bertz CT molecular complexity index is 264. The molecule has 0 aliphatic rings. The monoisotopic (exact) mass is 217 g/mol. The van der Waals surface area contributed by atoms with Gasteiger partial charge in [-0.1, -0.05) is 0 Å². The third-order valence-electron chi connectivity index (χ3n) is 1.74. The molecule has 0 aromatic heterocycles. The van der Waals surface area contributed by atoms with Crippen LogP contribution in [0.4, 0.5) is 4.39 Å². The van der Waals surface area contributed by atoms with Crippen molar-refractivity contribution in [1.82, 2.24) is 5.32 Å². The molecule has 86 valence electrons. The first-order valence-corrected chi connectivity index (χ1v) is 4.46. The number of hydrogen-bond donors (Lipinski definition) is 4. The SMILES string of the molecule is CC(N)(CC(F)=CCNCC=N)C(=O)O. The first-order valence-electron chi connectivity index (χ1n) is 4.46. The third kappa shape index (κ3) is 5.92. The zero-order valence-corrected chi connectivity index (χ0v) is 8.59. The molecule has 0 aliphatic carbocycles. The second-order valence-corrected chi connectivity index (χ2v) is 3.41. The number of halogens is 1. The van der Waals surface area contributed by atoms with E-state index in [0.717, 1.165) is 6.21 Å². The molecule has 0 saturated heterocycles. The van der Waals surface area contributed by atoms with Crippen LogP contribution in [0.15, 0.2) is 11.9 Å². The van der Waals surface area contributed by atoms with Gasteiger partial charge in [-0.3, -0.25) is 4.79 Å². The molecule has 1 unspecified atom stereocenters. The smallest absolute Gasteiger partial charge is 0.323 e. The minimum absolute atomic E-state index is 0.247. The molecule has 0 rings (SSSR count). The Morgan fingerprint density at radius 2 is 2.27 bits per heavy atom. The van der Waals surface area contributed by atoms with Crippen molar-refractivity contribution in [3.05, 3.63) is 11.9 Å². The Morgan fingerprint density at radius 3 is 2.73 bits per heavy atom. The Balaban J connectivity index is 4.06.